The highest BCUT2D eigenvalue weighted by molar-refractivity contribution is 8.76. The molecule has 0 aromatic carbocycles. The summed E-state index contributed by atoms with van der Waals surface area (Å²) in [5.74, 6) is 0.738. The van der Waals surface area contributed by atoms with Gasteiger partial charge in [-0.2, -0.15) is 0 Å². The summed E-state index contributed by atoms with van der Waals surface area (Å²) in [5.41, 5.74) is 0.795. The highest BCUT2D eigenvalue weighted by atomic mass is 33.1. The second-order valence-corrected chi connectivity index (χ2v) is 13.1. The number of pyridine rings is 1. The molecule has 0 fully saturated rings. The molecule has 0 saturated heterocycles. The van der Waals surface area contributed by atoms with Crippen LogP contribution in [0.5, 0.6) is 0 Å². The van der Waals surface area contributed by atoms with E-state index in [4.69, 9.17) is 52.1 Å². The maximum Gasteiger partial charge on any atom is 0.220 e. The Bertz CT molecular complexity index is 1080. The number of carbonyl (C=O) groups excluding carboxylic acids is 1. The third-order valence-electron chi connectivity index (χ3n) is 6.45. The first-order valence-electron chi connectivity index (χ1n) is 17.9. The highest BCUT2D eigenvalue weighted by Crippen LogP contribution is 2.29. The summed E-state index contributed by atoms with van der Waals surface area (Å²) in [7, 11) is 4.81. The number of carbonyl (C=O) groups is 1. The second kappa shape index (κ2) is 37.0. The van der Waals surface area contributed by atoms with Crippen molar-refractivity contribution in [3.05, 3.63) is 36.3 Å². The maximum absolute atomic E-state index is 11.9. The molecule has 0 bridgehead atoms. The summed E-state index contributed by atoms with van der Waals surface area (Å²) in [6.07, 6.45) is 4.06. The van der Waals surface area contributed by atoms with Gasteiger partial charge in [-0.1, -0.05) is 22.1 Å². The van der Waals surface area contributed by atoms with Gasteiger partial charge in [0, 0.05) is 32.0 Å². The molecule has 2 aromatic heterocycles. The molecule has 304 valence electrons. The summed E-state index contributed by atoms with van der Waals surface area (Å²) >= 11 is 0. The van der Waals surface area contributed by atoms with Gasteiger partial charge in [0.1, 0.15) is 10.7 Å². The fourth-order valence-corrected chi connectivity index (χ4v) is 5.75. The molecule has 17 nitrogen and oxygen atoms in total. The molecule has 0 aliphatic carbocycles. The van der Waals surface area contributed by atoms with Gasteiger partial charge >= 0.3 is 0 Å². The zero-order chi connectivity index (χ0) is 37.5. The number of rotatable bonds is 40. The lowest BCUT2D eigenvalue weighted by molar-refractivity contribution is -0.120. The number of hydrogen-bond donors (Lipinski definition) is 1. The zero-order valence-electron chi connectivity index (χ0n) is 31.1. The number of aromatic nitrogens is 4. The van der Waals surface area contributed by atoms with Crippen LogP contribution in [0.4, 0.5) is 0 Å². The first-order valence-corrected chi connectivity index (χ1v) is 20.2. The van der Waals surface area contributed by atoms with E-state index in [1.807, 2.05) is 24.4 Å². The number of ether oxygens (including phenoxy) is 11. The van der Waals surface area contributed by atoms with Crippen molar-refractivity contribution in [3.8, 4) is 0 Å². The molecule has 0 unspecified atom stereocenters. The lowest BCUT2D eigenvalue weighted by Crippen LogP contribution is -2.27. The van der Waals surface area contributed by atoms with Gasteiger partial charge in [-0.15, -0.1) is 5.10 Å². The van der Waals surface area contributed by atoms with Crippen molar-refractivity contribution >= 4 is 27.5 Å². The van der Waals surface area contributed by atoms with Crippen molar-refractivity contribution < 1.29 is 56.9 Å². The minimum Gasteiger partial charge on any atom is -0.378 e. The van der Waals surface area contributed by atoms with Crippen molar-refractivity contribution in [1.29, 1.82) is 0 Å². The molecule has 0 aliphatic heterocycles. The number of amides is 1. The van der Waals surface area contributed by atoms with Crippen LogP contribution in [-0.2, 0) is 70.1 Å². The topological polar surface area (TPSA) is 174 Å². The fraction of sp³-hybridized carbons (Fsp3) is 0.765. The van der Waals surface area contributed by atoms with E-state index in [-0.39, 0.29) is 5.91 Å². The molecular weight excluding hydrogens is 735 g/mol. The van der Waals surface area contributed by atoms with Gasteiger partial charge in [-0.25, -0.2) is 9.67 Å². The summed E-state index contributed by atoms with van der Waals surface area (Å²) in [6, 6.07) is 5.77. The molecule has 0 atom stereocenters. The number of hydrogen-bond acceptors (Lipinski definition) is 17. The van der Waals surface area contributed by atoms with Crippen LogP contribution in [0.1, 0.15) is 12.1 Å². The monoisotopic (exact) mass is 793 g/mol. The van der Waals surface area contributed by atoms with Crippen molar-refractivity contribution in [2.45, 2.75) is 24.6 Å². The quantitative estimate of drug-likeness (QED) is 0.0765. The summed E-state index contributed by atoms with van der Waals surface area (Å²) < 4.78 is 61.7. The minimum absolute atomic E-state index is 0.0157. The smallest absolute Gasteiger partial charge is 0.220 e. The second-order valence-electron chi connectivity index (χ2n) is 10.7. The van der Waals surface area contributed by atoms with Crippen molar-refractivity contribution in [2.75, 3.05) is 152 Å². The summed E-state index contributed by atoms with van der Waals surface area (Å²) in [4.78, 5) is 16.1. The van der Waals surface area contributed by atoms with E-state index in [0.717, 1.165) is 16.5 Å². The first-order chi connectivity index (χ1) is 26.3. The average molecular weight is 794 g/mol. The van der Waals surface area contributed by atoms with E-state index in [2.05, 4.69) is 20.6 Å². The maximum atomic E-state index is 11.9. The van der Waals surface area contributed by atoms with Gasteiger partial charge < -0.3 is 57.4 Å². The zero-order valence-corrected chi connectivity index (χ0v) is 32.7. The Balaban J connectivity index is 1.15. The Labute approximate surface area is 321 Å². The molecule has 1 N–H and O–H groups in total. The highest BCUT2D eigenvalue weighted by Gasteiger charge is 2.03. The molecule has 0 radical (unpaired) electrons. The van der Waals surface area contributed by atoms with E-state index < -0.39 is 0 Å². The number of methoxy groups -OCH3 is 1. The predicted molar refractivity (Wildman–Crippen MR) is 199 cm³/mol. The lowest BCUT2D eigenvalue weighted by Gasteiger charge is -2.09. The fourth-order valence-electron chi connectivity index (χ4n) is 3.88. The van der Waals surface area contributed by atoms with Gasteiger partial charge in [0.25, 0.3) is 0 Å². The number of nitrogens with zero attached hydrogens (tertiary/aromatic N) is 4. The Morgan fingerprint density at radius 2 is 1.13 bits per heavy atom. The van der Waals surface area contributed by atoms with E-state index >= 15 is 0 Å². The molecule has 2 rings (SSSR count). The summed E-state index contributed by atoms with van der Waals surface area (Å²) in [5, 5.41) is 11.8. The first kappa shape index (κ1) is 47.2. The molecule has 53 heavy (non-hydrogen) atoms. The molecular formula is C34H59N5O12S2. The van der Waals surface area contributed by atoms with Crippen molar-refractivity contribution in [2.24, 2.45) is 0 Å². The third kappa shape index (κ3) is 31.0. The molecule has 2 heterocycles. The molecule has 0 saturated carbocycles. The Morgan fingerprint density at radius 3 is 1.58 bits per heavy atom. The van der Waals surface area contributed by atoms with Gasteiger partial charge in [-0.05, 0) is 22.9 Å². The molecule has 1 amide bonds. The van der Waals surface area contributed by atoms with Crippen LogP contribution in [0.15, 0.2) is 35.6 Å². The lowest BCUT2D eigenvalue weighted by atomic mass is 10.4. The van der Waals surface area contributed by atoms with Crippen LogP contribution in [0, 0.1) is 0 Å². The van der Waals surface area contributed by atoms with Gasteiger partial charge in [0.05, 0.1) is 151 Å². The van der Waals surface area contributed by atoms with Gasteiger partial charge in [-0.3, -0.25) is 4.79 Å². The van der Waals surface area contributed by atoms with Crippen molar-refractivity contribution in [3.63, 3.8) is 0 Å². The van der Waals surface area contributed by atoms with Crippen LogP contribution < -0.4 is 5.32 Å². The molecule has 19 heteroatoms. The van der Waals surface area contributed by atoms with Gasteiger partial charge in [0.15, 0.2) is 0 Å². The minimum atomic E-state index is 0.0157. The standard InChI is InChI=1S/C34H59N5O12S2/c1-41-31-32-30-39(38-37-32)8-10-43-12-14-45-16-18-47-20-22-49-24-26-51-28-27-50-25-23-48-21-19-46-17-15-44-13-11-42-9-7-35-33(40)5-29-52-53-34-4-2-3-6-36-34/h2-4,6,30H,5,7-29,31H2,1H3,(H,35,40). The Morgan fingerprint density at radius 1 is 0.660 bits per heavy atom. The van der Waals surface area contributed by atoms with Crippen LogP contribution in [0.25, 0.3) is 0 Å². The molecule has 2 aromatic rings. The van der Waals surface area contributed by atoms with E-state index in [1.165, 1.54) is 0 Å². The van der Waals surface area contributed by atoms with E-state index in [0.29, 0.717) is 158 Å². The van der Waals surface area contributed by atoms with Crippen molar-refractivity contribution in [1.82, 2.24) is 25.3 Å². The molecule has 0 spiro atoms. The van der Waals surface area contributed by atoms with Crippen LogP contribution in [-0.4, -0.2) is 177 Å². The van der Waals surface area contributed by atoms with Crippen LogP contribution in [0.2, 0.25) is 0 Å². The van der Waals surface area contributed by atoms with E-state index in [1.54, 1.807) is 39.6 Å². The molecule has 0 aliphatic rings. The summed E-state index contributed by atoms with van der Waals surface area (Å²) in [6.45, 7) is 11.4. The van der Waals surface area contributed by atoms with Gasteiger partial charge in [0.2, 0.25) is 5.91 Å². The van der Waals surface area contributed by atoms with Crippen LogP contribution in [0.3, 0.4) is 0 Å². The van der Waals surface area contributed by atoms with E-state index in [9.17, 15) is 4.79 Å². The Hall–Kier alpha value is -1.98. The third-order valence-corrected chi connectivity index (χ3v) is 8.72. The SMILES string of the molecule is COCc1cn(CCOCCOCCOCCOCCOCCOCCOCCOCCOCCOCCNC(=O)CCSSc2ccccn2)nn1. The largest absolute Gasteiger partial charge is 0.378 e. The normalized spacial score (nSPS) is 11.4. The predicted octanol–water partition coefficient (Wildman–Crippen LogP) is 1.93. The van der Waals surface area contributed by atoms with Crippen LogP contribution >= 0.6 is 21.6 Å². The number of nitrogens with one attached hydrogen (secondary N) is 1. The average Bonchev–Trinajstić information content (AvgIpc) is 3.63. The Kier molecular flexibility index (Phi) is 32.9.